The molecule has 3 nitrogen and oxygen atoms in total. The zero-order valence-corrected chi connectivity index (χ0v) is 11.2. The van der Waals surface area contributed by atoms with E-state index in [2.05, 4.69) is 26.1 Å². The standard InChI is InChI=1S/C15H20N2O/c1-15(2,3)16-9-11-17-10-8-12-6-4-5-7-13(12)14(17)18/h4-8,10,16H,9,11H2,1-3H3. The number of benzene rings is 1. The van der Waals surface area contributed by atoms with E-state index in [9.17, 15) is 4.79 Å². The smallest absolute Gasteiger partial charge is 0.258 e. The van der Waals surface area contributed by atoms with E-state index in [4.69, 9.17) is 0 Å². The summed E-state index contributed by atoms with van der Waals surface area (Å²) >= 11 is 0. The Kier molecular flexibility index (Phi) is 3.53. The first-order chi connectivity index (χ1) is 8.47. The summed E-state index contributed by atoms with van der Waals surface area (Å²) in [6.07, 6.45) is 1.87. The summed E-state index contributed by atoms with van der Waals surface area (Å²) in [7, 11) is 0. The first-order valence-electron chi connectivity index (χ1n) is 6.31. The van der Waals surface area contributed by atoms with Crippen molar-refractivity contribution in [2.24, 2.45) is 0 Å². The summed E-state index contributed by atoms with van der Waals surface area (Å²) in [5, 5.41) is 5.18. The van der Waals surface area contributed by atoms with Crippen molar-refractivity contribution in [2.75, 3.05) is 6.54 Å². The number of rotatable bonds is 3. The molecule has 0 aliphatic carbocycles. The van der Waals surface area contributed by atoms with Gasteiger partial charge in [0.15, 0.2) is 0 Å². The Bertz CT molecular complexity index is 593. The molecule has 1 heterocycles. The molecule has 0 amide bonds. The minimum atomic E-state index is 0.0838. The van der Waals surface area contributed by atoms with E-state index in [1.165, 1.54) is 0 Å². The van der Waals surface area contributed by atoms with Crippen LogP contribution in [0.1, 0.15) is 20.8 Å². The molecule has 0 unspecified atom stereocenters. The number of fused-ring (bicyclic) bond motifs is 1. The van der Waals surface area contributed by atoms with E-state index >= 15 is 0 Å². The average Bonchev–Trinajstić information content (AvgIpc) is 2.31. The molecular formula is C15H20N2O. The highest BCUT2D eigenvalue weighted by Crippen LogP contribution is 2.07. The van der Waals surface area contributed by atoms with E-state index in [1.807, 2.05) is 36.5 Å². The van der Waals surface area contributed by atoms with Gasteiger partial charge in [-0.2, -0.15) is 0 Å². The van der Waals surface area contributed by atoms with Gasteiger partial charge in [-0.05, 0) is 38.3 Å². The Morgan fingerprint density at radius 3 is 2.61 bits per heavy atom. The van der Waals surface area contributed by atoms with E-state index in [1.54, 1.807) is 4.57 Å². The Morgan fingerprint density at radius 2 is 1.89 bits per heavy atom. The molecule has 0 saturated heterocycles. The Hall–Kier alpha value is -1.61. The fourth-order valence-electron chi connectivity index (χ4n) is 1.96. The van der Waals surface area contributed by atoms with Gasteiger partial charge in [0.25, 0.3) is 5.56 Å². The highest BCUT2D eigenvalue weighted by atomic mass is 16.1. The summed E-state index contributed by atoms with van der Waals surface area (Å²) < 4.78 is 1.76. The number of hydrogen-bond acceptors (Lipinski definition) is 2. The largest absolute Gasteiger partial charge is 0.314 e. The highest BCUT2D eigenvalue weighted by molar-refractivity contribution is 5.81. The lowest BCUT2D eigenvalue weighted by Crippen LogP contribution is -2.39. The zero-order chi connectivity index (χ0) is 13.2. The molecule has 0 spiro atoms. The number of nitrogens with zero attached hydrogens (tertiary/aromatic N) is 1. The SMILES string of the molecule is CC(C)(C)NCCn1ccc2ccccc2c1=O. The second-order valence-electron chi connectivity index (χ2n) is 5.58. The van der Waals surface area contributed by atoms with Crippen LogP contribution in [-0.2, 0) is 6.54 Å². The molecule has 1 N–H and O–H groups in total. The van der Waals surface area contributed by atoms with Gasteiger partial charge >= 0.3 is 0 Å². The average molecular weight is 244 g/mol. The minimum absolute atomic E-state index is 0.0838. The molecule has 2 aromatic rings. The van der Waals surface area contributed by atoms with Crippen LogP contribution in [0.3, 0.4) is 0 Å². The van der Waals surface area contributed by atoms with Crippen molar-refractivity contribution >= 4 is 10.8 Å². The molecule has 2 rings (SSSR count). The first-order valence-corrected chi connectivity index (χ1v) is 6.31. The number of hydrogen-bond donors (Lipinski definition) is 1. The van der Waals surface area contributed by atoms with Gasteiger partial charge in [0, 0.05) is 30.2 Å². The lowest BCUT2D eigenvalue weighted by molar-refractivity contribution is 0.411. The zero-order valence-electron chi connectivity index (χ0n) is 11.2. The van der Waals surface area contributed by atoms with Crippen molar-refractivity contribution < 1.29 is 0 Å². The second kappa shape index (κ2) is 4.94. The lowest BCUT2D eigenvalue weighted by atomic mass is 10.1. The van der Waals surface area contributed by atoms with E-state index in [0.717, 1.165) is 17.3 Å². The summed E-state index contributed by atoms with van der Waals surface area (Å²) in [4.78, 5) is 12.2. The van der Waals surface area contributed by atoms with Crippen molar-refractivity contribution in [1.82, 2.24) is 9.88 Å². The maximum Gasteiger partial charge on any atom is 0.258 e. The second-order valence-corrected chi connectivity index (χ2v) is 5.58. The van der Waals surface area contributed by atoms with Gasteiger partial charge < -0.3 is 9.88 Å². The van der Waals surface area contributed by atoms with Crippen molar-refractivity contribution in [1.29, 1.82) is 0 Å². The van der Waals surface area contributed by atoms with Gasteiger partial charge in [0.05, 0.1) is 0 Å². The fraction of sp³-hybridized carbons (Fsp3) is 0.400. The fourth-order valence-corrected chi connectivity index (χ4v) is 1.96. The van der Waals surface area contributed by atoms with Gasteiger partial charge in [-0.25, -0.2) is 0 Å². The molecule has 1 aromatic heterocycles. The van der Waals surface area contributed by atoms with Gasteiger partial charge in [-0.1, -0.05) is 18.2 Å². The monoisotopic (exact) mass is 244 g/mol. The predicted molar refractivity (Wildman–Crippen MR) is 76.0 cm³/mol. The molecule has 18 heavy (non-hydrogen) atoms. The van der Waals surface area contributed by atoms with Gasteiger partial charge in [-0.3, -0.25) is 4.79 Å². The molecule has 3 heteroatoms. The van der Waals surface area contributed by atoms with Crippen LogP contribution >= 0.6 is 0 Å². The molecule has 0 radical (unpaired) electrons. The topological polar surface area (TPSA) is 34.0 Å². The van der Waals surface area contributed by atoms with Crippen LogP contribution in [0, 0.1) is 0 Å². The maximum absolute atomic E-state index is 12.2. The van der Waals surface area contributed by atoms with Crippen LogP contribution in [0.4, 0.5) is 0 Å². The van der Waals surface area contributed by atoms with Crippen molar-refractivity contribution in [3.63, 3.8) is 0 Å². The first kappa shape index (κ1) is 12.8. The minimum Gasteiger partial charge on any atom is -0.314 e. The predicted octanol–water partition coefficient (Wildman–Crippen LogP) is 2.39. The third-order valence-corrected chi connectivity index (χ3v) is 2.89. The van der Waals surface area contributed by atoms with Crippen LogP contribution in [0.25, 0.3) is 10.8 Å². The summed E-state index contributed by atoms with van der Waals surface area (Å²) in [6, 6.07) is 9.70. The Morgan fingerprint density at radius 1 is 1.17 bits per heavy atom. The van der Waals surface area contributed by atoms with Gasteiger partial charge in [-0.15, -0.1) is 0 Å². The number of nitrogens with one attached hydrogen (secondary N) is 1. The molecule has 96 valence electrons. The summed E-state index contributed by atoms with van der Waals surface area (Å²) in [5.41, 5.74) is 0.171. The number of aromatic nitrogens is 1. The molecule has 1 aromatic carbocycles. The lowest BCUT2D eigenvalue weighted by Gasteiger charge is -2.20. The molecule has 0 aliphatic heterocycles. The van der Waals surface area contributed by atoms with Crippen molar-refractivity contribution in [2.45, 2.75) is 32.9 Å². The Balaban J connectivity index is 2.20. The molecular weight excluding hydrogens is 224 g/mol. The van der Waals surface area contributed by atoms with Crippen molar-refractivity contribution in [3.8, 4) is 0 Å². The van der Waals surface area contributed by atoms with E-state index in [-0.39, 0.29) is 11.1 Å². The third kappa shape index (κ3) is 2.99. The number of pyridine rings is 1. The summed E-state index contributed by atoms with van der Waals surface area (Å²) in [6.45, 7) is 7.85. The molecule has 0 saturated carbocycles. The Labute approximate surface area is 107 Å². The highest BCUT2D eigenvalue weighted by Gasteiger charge is 2.08. The molecule has 0 fully saturated rings. The van der Waals surface area contributed by atoms with Gasteiger partial charge in [0.1, 0.15) is 0 Å². The summed E-state index contributed by atoms with van der Waals surface area (Å²) in [5.74, 6) is 0. The van der Waals surface area contributed by atoms with Crippen LogP contribution in [0.5, 0.6) is 0 Å². The van der Waals surface area contributed by atoms with Crippen LogP contribution in [-0.4, -0.2) is 16.7 Å². The maximum atomic E-state index is 12.2. The quantitative estimate of drug-likeness (QED) is 0.899. The van der Waals surface area contributed by atoms with Crippen LogP contribution < -0.4 is 10.9 Å². The van der Waals surface area contributed by atoms with E-state index < -0.39 is 0 Å². The van der Waals surface area contributed by atoms with Crippen LogP contribution in [0.2, 0.25) is 0 Å². The molecule has 0 bridgehead atoms. The molecule has 0 aliphatic rings. The van der Waals surface area contributed by atoms with Gasteiger partial charge in [0.2, 0.25) is 0 Å². The molecule has 0 atom stereocenters. The normalized spacial score (nSPS) is 11.9. The van der Waals surface area contributed by atoms with Crippen molar-refractivity contribution in [3.05, 3.63) is 46.9 Å². The van der Waals surface area contributed by atoms with E-state index in [0.29, 0.717) is 6.54 Å². The van der Waals surface area contributed by atoms with Crippen LogP contribution in [0.15, 0.2) is 41.3 Å². The third-order valence-electron chi connectivity index (χ3n) is 2.89.